The average Bonchev–Trinajstić information content (AvgIpc) is 2.64. The average molecular weight is 357 g/mol. The van der Waals surface area contributed by atoms with E-state index in [4.69, 9.17) is 0 Å². The van der Waals surface area contributed by atoms with Gasteiger partial charge >= 0.3 is 0 Å². The third-order valence-corrected chi connectivity index (χ3v) is 11.7. The van der Waals surface area contributed by atoms with E-state index in [9.17, 15) is 0 Å². The van der Waals surface area contributed by atoms with Crippen LogP contribution < -0.4 is 0 Å². The zero-order valence-corrected chi connectivity index (χ0v) is 18.0. The molecular formula is C24H40Si. The first kappa shape index (κ1) is 22.0. The van der Waals surface area contributed by atoms with Gasteiger partial charge in [-0.15, -0.1) is 6.58 Å². The van der Waals surface area contributed by atoms with E-state index in [-0.39, 0.29) is 0 Å². The monoisotopic (exact) mass is 356 g/mol. The van der Waals surface area contributed by atoms with Crippen molar-refractivity contribution in [3.63, 3.8) is 0 Å². The van der Waals surface area contributed by atoms with Crippen LogP contribution in [0.1, 0.15) is 76.8 Å². The highest BCUT2D eigenvalue weighted by Crippen LogP contribution is 2.44. The van der Waals surface area contributed by atoms with Crippen molar-refractivity contribution in [2.45, 2.75) is 89.4 Å². The van der Waals surface area contributed by atoms with E-state index in [0.29, 0.717) is 5.54 Å². The van der Waals surface area contributed by atoms with E-state index in [1.54, 1.807) is 0 Å². The molecule has 0 fully saturated rings. The van der Waals surface area contributed by atoms with Gasteiger partial charge in [0.1, 0.15) is 0 Å². The number of rotatable bonds is 14. The van der Waals surface area contributed by atoms with E-state index in [0.717, 1.165) is 6.42 Å². The van der Waals surface area contributed by atoms with Gasteiger partial charge in [-0.2, -0.15) is 0 Å². The molecule has 0 heterocycles. The van der Waals surface area contributed by atoms with Crippen molar-refractivity contribution < 1.29 is 0 Å². The second kappa shape index (κ2) is 12.3. The first-order valence-corrected chi connectivity index (χ1v) is 13.2. The van der Waals surface area contributed by atoms with Gasteiger partial charge < -0.3 is 0 Å². The topological polar surface area (TPSA) is 0 Å². The second-order valence-corrected chi connectivity index (χ2v) is 12.5. The van der Waals surface area contributed by atoms with E-state index in [2.05, 4.69) is 70.3 Å². The first-order valence-electron chi connectivity index (χ1n) is 10.5. The Balaban J connectivity index is 3.35. The molecule has 1 atom stereocenters. The Bertz CT molecular complexity index is 466. The van der Waals surface area contributed by atoms with Crippen molar-refractivity contribution in [2.24, 2.45) is 0 Å². The molecule has 1 heteroatoms. The molecule has 140 valence electrons. The minimum absolute atomic E-state index is 0.594. The molecule has 0 amide bonds. The van der Waals surface area contributed by atoms with E-state index < -0.39 is 8.07 Å². The maximum absolute atomic E-state index is 4.57. The lowest BCUT2D eigenvalue weighted by Gasteiger charge is -2.41. The summed E-state index contributed by atoms with van der Waals surface area (Å²) in [5.41, 5.74) is 3.52. The molecule has 1 unspecified atom stereocenters. The van der Waals surface area contributed by atoms with Crippen molar-refractivity contribution in [1.29, 1.82) is 0 Å². The first-order chi connectivity index (χ1) is 12.1. The smallest absolute Gasteiger partial charge is 0.0660 e. The lowest BCUT2D eigenvalue weighted by atomic mass is 10.0. The van der Waals surface area contributed by atoms with Crippen LogP contribution in [0.3, 0.4) is 0 Å². The van der Waals surface area contributed by atoms with Crippen LogP contribution in [0, 0.1) is 0 Å². The van der Waals surface area contributed by atoms with E-state index >= 15 is 0 Å². The van der Waals surface area contributed by atoms with Gasteiger partial charge in [0.25, 0.3) is 0 Å². The summed E-state index contributed by atoms with van der Waals surface area (Å²) >= 11 is 0. The minimum atomic E-state index is -1.48. The standard InChI is InChI=1S/C24H40Si/c1-6-10-19-25(20-11-7-2,21-12-8-3)24(22(5)16-9-4)23-17-14-13-15-18-23/h9,13-15,17-18,24H,4-8,10-12,16,19-21H2,1-3H3. The summed E-state index contributed by atoms with van der Waals surface area (Å²) in [6.07, 6.45) is 11.1. The molecule has 1 aromatic rings. The van der Waals surface area contributed by atoms with Crippen LogP contribution in [0.2, 0.25) is 18.1 Å². The van der Waals surface area contributed by atoms with Crippen LogP contribution in [0.5, 0.6) is 0 Å². The molecule has 0 bridgehead atoms. The molecule has 0 N–H and O–H groups in total. The second-order valence-electron chi connectivity index (χ2n) is 7.67. The zero-order chi connectivity index (χ0) is 18.5. The van der Waals surface area contributed by atoms with Gasteiger partial charge in [0, 0.05) is 5.54 Å². The summed E-state index contributed by atoms with van der Waals surface area (Å²) < 4.78 is 0. The Labute approximate surface area is 158 Å². The summed E-state index contributed by atoms with van der Waals surface area (Å²) in [7, 11) is -1.48. The minimum Gasteiger partial charge on any atom is -0.103 e. The Hall–Kier alpha value is -1.08. The Morgan fingerprint density at radius 3 is 1.80 bits per heavy atom. The van der Waals surface area contributed by atoms with Crippen LogP contribution in [-0.4, -0.2) is 8.07 Å². The predicted molar refractivity (Wildman–Crippen MR) is 118 cm³/mol. The normalized spacial score (nSPS) is 12.8. The maximum Gasteiger partial charge on any atom is 0.0660 e. The third kappa shape index (κ3) is 6.62. The van der Waals surface area contributed by atoms with E-state index in [1.165, 1.54) is 67.8 Å². The molecule has 0 spiro atoms. The van der Waals surface area contributed by atoms with Crippen LogP contribution in [-0.2, 0) is 0 Å². The van der Waals surface area contributed by atoms with Gasteiger partial charge in [-0.05, 0) is 12.0 Å². The summed E-state index contributed by atoms with van der Waals surface area (Å²) in [6, 6.07) is 15.6. The summed E-state index contributed by atoms with van der Waals surface area (Å²) in [4.78, 5) is 0. The number of benzene rings is 1. The molecular weight excluding hydrogens is 316 g/mol. The molecule has 0 nitrogen and oxygen atoms in total. The van der Waals surface area contributed by atoms with Crippen LogP contribution in [0.15, 0.2) is 55.1 Å². The van der Waals surface area contributed by atoms with Crippen molar-refractivity contribution in [3.05, 3.63) is 60.7 Å². The maximum atomic E-state index is 4.57. The molecule has 0 aliphatic carbocycles. The Morgan fingerprint density at radius 2 is 1.40 bits per heavy atom. The molecule has 0 saturated heterocycles. The molecule has 25 heavy (non-hydrogen) atoms. The molecule has 0 saturated carbocycles. The van der Waals surface area contributed by atoms with E-state index in [1.807, 2.05) is 0 Å². The number of hydrogen-bond donors (Lipinski definition) is 0. The fourth-order valence-corrected chi connectivity index (χ4v) is 11.0. The molecule has 1 rings (SSSR count). The highest BCUT2D eigenvalue weighted by atomic mass is 28.3. The summed E-state index contributed by atoms with van der Waals surface area (Å²) in [5, 5.41) is 0. The highest BCUT2D eigenvalue weighted by molar-refractivity contribution is 6.81. The largest absolute Gasteiger partial charge is 0.103 e. The van der Waals surface area contributed by atoms with Crippen molar-refractivity contribution in [1.82, 2.24) is 0 Å². The molecule has 0 radical (unpaired) electrons. The summed E-state index contributed by atoms with van der Waals surface area (Å²) in [6.45, 7) is 15.6. The Morgan fingerprint density at radius 1 is 0.920 bits per heavy atom. The van der Waals surface area contributed by atoms with Gasteiger partial charge in [0.15, 0.2) is 0 Å². The molecule has 1 aromatic carbocycles. The van der Waals surface area contributed by atoms with Gasteiger partial charge in [-0.1, -0.05) is 126 Å². The highest BCUT2D eigenvalue weighted by Gasteiger charge is 2.41. The fourth-order valence-electron chi connectivity index (χ4n) is 4.37. The lowest BCUT2D eigenvalue weighted by molar-refractivity contribution is 0.763. The van der Waals surface area contributed by atoms with Gasteiger partial charge in [-0.3, -0.25) is 0 Å². The van der Waals surface area contributed by atoms with Crippen molar-refractivity contribution in [3.8, 4) is 0 Å². The van der Waals surface area contributed by atoms with Gasteiger partial charge in [-0.25, -0.2) is 0 Å². The van der Waals surface area contributed by atoms with Crippen LogP contribution in [0.25, 0.3) is 0 Å². The Kier molecular flexibility index (Phi) is 10.8. The van der Waals surface area contributed by atoms with Crippen molar-refractivity contribution >= 4 is 8.07 Å². The van der Waals surface area contributed by atoms with Crippen LogP contribution >= 0.6 is 0 Å². The number of allylic oxidation sites excluding steroid dienone is 2. The number of unbranched alkanes of at least 4 members (excludes halogenated alkanes) is 3. The van der Waals surface area contributed by atoms with Crippen LogP contribution in [0.4, 0.5) is 0 Å². The zero-order valence-electron chi connectivity index (χ0n) is 17.0. The predicted octanol–water partition coefficient (Wildman–Crippen LogP) is 8.29. The van der Waals surface area contributed by atoms with Gasteiger partial charge in [0.05, 0.1) is 8.07 Å². The molecule has 0 aromatic heterocycles. The van der Waals surface area contributed by atoms with Crippen molar-refractivity contribution in [2.75, 3.05) is 0 Å². The SMILES string of the molecule is C=CCC(=C)C(c1ccccc1)[Si](CCCC)(CCCC)CCCC. The number of hydrogen-bond acceptors (Lipinski definition) is 0. The lowest BCUT2D eigenvalue weighted by Crippen LogP contribution is -2.42. The molecule has 0 aliphatic heterocycles. The van der Waals surface area contributed by atoms with Gasteiger partial charge in [0.2, 0.25) is 0 Å². The fraction of sp³-hybridized carbons (Fsp3) is 0.583. The molecule has 0 aliphatic rings. The summed E-state index contributed by atoms with van der Waals surface area (Å²) in [5.74, 6) is 0. The third-order valence-electron chi connectivity index (χ3n) is 5.64. The quantitative estimate of drug-likeness (QED) is 0.232.